The summed E-state index contributed by atoms with van der Waals surface area (Å²) < 4.78 is 0. The lowest BCUT2D eigenvalue weighted by atomic mass is 9.98. The highest BCUT2D eigenvalue weighted by molar-refractivity contribution is 5.91. The number of nitrogens with zero attached hydrogens (tertiary/aromatic N) is 1. The summed E-state index contributed by atoms with van der Waals surface area (Å²) in [6.07, 6.45) is 2.05. The van der Waals surface area contributed by atoms with E-state index in [1.54, 1.807) is 0 Å². The quantitative estimate of drug-likeness (QED) is 0.896. The molecule has 1 fully saturated rings. The van der Waals surface area contributed by atoms with E-state index < -0.39 is 0 Å². The van der Waals surface area contributed by atoms with Crippen molar-refractivity contribution < 1.29 is 4.79 Å². The molecule has 2 N–H and O–H groups in total. The number of rotatable bonds is 3. The Morgan fingerprint density at radius 3 is 2.57 bits per heavy atom. The number of urea groups is 1. The van der Waals surface area contributed by atoms with Crippen LogP contribution in [0.5, 0.6) is 0 Å². The topological polar surface area (TPSA) is 44.4 Å². The molecule has 1 aromatic carbocycles. The molecule has 1 heterocycles. The average molecular weight is 289 g/mol. The van der Waals surface area contributed by atoms with Gasteiger partial charge in [-0.15, -0.1) is 0 Å². The summed E-state index contributed by atoms with van der Waals surface area (Å²) in [5.74, 6) is 0.392. The second-order valence-electron chi connectivity index (χ2n) is 6.37. The van der Waals surface area contributed by atoms with Crippen LogP contribution in [0.4, 0.5) is 10.5 Å². The highest BCUT2D eigenvalue weighted by atomic mass is 16.2. The highest BCUT2D eigenvalue weighted by Gasteiger charge is 2.19. The van der Waals surface area contributed by atoms with E-state index >= 15 is 0 Å². The van der Waals surface area contributed by atoms with Gasteiger partial charge >= 0.3 is 6.03 Å². The van der Waals surface area contributed by atoms with Crippen LogP contribution in [-0.4, -0.2) is 37.1 Å². The minimum absolute atomic E-state index is 0.0826. The molecule has 0 unspecified atom stereocenters. The van der Waals surface area contributed by atoms with Gasteiger partial charge in [0.2, 0.25) is 0 Å². The Balaban J connectivity index is 2.00. The molecule has 0 radical (unpaired) electrons. The van der Waals surface area contributed by atoms with Gasteiger partial charge in [0, 0.05) is 11.7 Å². The molecule has 1 aromatic rings. The van der Waals surface area contributed by atoms with Crippen molar-refractivity contribution in [2.75, 3.05) is 25.5 Å². The van der Waals surface area contributed by atoms with E-state index in [0.29, 0.717) is 5.92 Å². The number of carbonyl (C=O) groups is 1. The van der Waals surface area contributed by atoms with E-state index in [1.165, 1.54) is 5.56 Å². The van der Waals surface area contributed by atoms with Gasteiger partial charge in [-0.2, -0.15) is 0 Å². The van der Waals surface area contributed by atoms with Gasteiger partial charge in [0.15, 0.2) is 0 Å². The summed E-state index contributed by atoms with van der Waals surface area (Å²) >= 11 is 0. The van der Waals surface area contributed by atoms with Crippen molar-refractivity contribution in [1.82, 2.24) is 10.2 Å². The first kappa shape index (κ1) is 15.8. The van der Waals surface area contributed by atoms with Crippen molar-refractivity contribution in [2.24, 2.45) is 0 Å². The summed E-state index contributed by atoms with van der Waals surface area (Å²) in [7, 11) is 2.12. The largest absolute Gasteiger partial charge is 0.335 e. The molecule has 0 aliphatic carbocycles. The summed E-state index contributed by atoms with van der Waals surface area (Å²) in [6.45, 7) is 8.43. The Labute approximate surface area is 127 Å². The second kappa shape index (κ2) is 6.94. The first-order valence-corrected chi connectivity index (χ1v) is 7.83. The number of hydrogen-bond donors (Lipinski definition) is 2. The number of piperidine rings is 1. The van der Waals surface area contributed by atoms with Gasteiger partial charge in [-0.1, -0.05) is 32.0 Å². The molecule has 2 amide bonds. The van der Waals surface area contributed by atoms with Crippen LogP contribution in [0.15, 0.2) is 18.2 Å². The number of amides is 2. The van der Waals surface area contributed by atoms with Gasteiger partial charge in [0.1, 0.15) is 0 Å². The highest BCUT2D eigenvalue weighted by Crippen LogP contribution is 2.27. The standard InChI is InChI=1S/C17H27N3O/c1-12(2)15-7-5-6-13(3)16(15)19-17(21)18-14-8-10-20(4)11-9-14/h5-7,12,14H,8-11H2,1-4H3,(H2,18,19,21). The zero-order valence-corrected chi connectivity index (χ0v) is 13.6. The van der Waals surface area contributed by atoms with Crippen LogP contribution in [0.25, 0.3) is 0 Å². The summed E-state index contributed by atoms with van der Waals surface area (Å²) in [4.78, 5) is 14.6. The fourth-order valence-electron chi connectivity index (χ4n) is 2.83. The third-order valence-corrected chi connectivity index (χ3v) is 4.22. The zero-order chi connectivity index (χ0) is 15.4. The fraction of sp³-hybridized carbons (Fsp3) is 0.588. The van der Waals surface area contributed by atoms with E-state index in [0.717, 1.165) is 37.2 Å². The number of aryl methyl sites for hydroxylation is 1. The molecular weight excluding hydrogens is 262 g/mol. The van der Waals surface area contributed by atoms with Crippen LogP contribution in [0.2, 0.25) is 0 Å². The van der Waals surface area contributed by atoms with Crippen LogP contribution in [0, 0.1) is 6.92 Å². The molecule has 2 rings (SSSR count). The van der Waals surface area contributed by atoms with Gasteiger partial charge in [-0.3, -0.25) is 0 Å². The maximum absolute atomic E-state index is 12.3. The molecule has 0 saturated carbocycles. The van der Waals surface area contributed by atoms with E-state index in [-0.39, 0.29) is 12.1 Å². The number of para-hydroxylation sites is 1. The molecule has 0 atom stereocenters. The lowest BCUT2D eigenvalue weighted by Gasteiger charge is -2.29. The van der Waals surface area contributed by atoms with E-state index in [1.807, 2.05) is 19.1 Å². The van der Waals surface area contributed by atoms with Crippen LogP contribution >= 0.6 is 0 Å². The molecule has 1 saturated heterocycles. The maximum atomic E-state index is 12.3. The average Bonchev–Trinajstić information content (AvgIpc) is 2.43. The number of benzene rings is 1. The predicted octanol–water partition coefficient (Wildman–Crippen LogP) is 3.33. The third-order valence-electron chi connectivity index (χ3n) is 4.22. The van der Waals surface area contributed by atoms with Gasteiger partial charge in [0.05, 0.1) is 0 Å². The molecule has 1 aliphatic rings. The van der Waals surface area contributed by atoms with Crippen molar-refractivity contribution in [3.63, 3.8) is 0 Å². The van der Waals surface area contributed by atoms with Crippen molar-refractivity contribution in [1.29, 1.82) is 0 Å². The van der Waals surface area contributed by atoms with Crippen molar-refractivity contribution in [3.8, 4) is 0 Å². The minimum Gasteiger partial charge on any atom is -0.335 e. The Morgan fingerprint density at radius 1 is 1.29 bits per heavy atom. The molecule has 21 heavy (non-hydrogen) atoms. The lowest BCUT2D eigenvalue weighted by molar-refractivity contribution is 0.221. The number of likely N-dealkylation sites (tertiary alicyclic amines) is 1. The van der Waals surface area contributed by atoms with E-state index in [9.17, 15) is 4.79 Å². The molecule has 4 nitrogen and oxygen atoms in total. The first-order valence-electron chi connectivity index (χ1n) is 7.83. The number of anilines is 1. The lowest BCUT2D eigenvalue weighted by Crippen LogP contribution is -2.45. The number of hydrogen-bond acceptors (Lipinski definition) is 2. The molecule has 0 bridgehead atoms. The SMILES string of the molecule is Cc1cccc(C(C)C)c1NC(=O)NC1CCN(C)CC1. The van der Waals surface area contributed by atoms with Crippen molar-refractivity contribution in [2.45, 2.75) is 45.6 Å². The number of nitrogens with one attached hydrogen (secondary N) is 2. The van der Waals surface area contributed by atoms with E-state index in [4.69, 9.17) is 0 Å². The van der Waals surface area contributed by atoms with Crippen LogP contribution in [0.3, 0.4) is 0 Å². The second-order valence-corrected chi connectivity index (χ2v) is 6.37. The molecule has 4 heteroatoms. The van der Waals surface area contributed by atoms with Crippen LogP contribution in [-0.2, 0) is 0 Å². The Kier molecular flexibility index (Phi) is 5.23. The Hall–Kier alpha value is -1.55. The Morgan fingerprint density at radius 2 is 1.95 bits per heavy atom. The smallest absolute Gasteiger partial charge is 0.319 e. The normalized spacial score (nSPS) is 17.0. The summed E-state index contributed by atoms with van der Waals surface area (Å²) in [5, 5.41) is 6.16. The third kappa shape index (κ3) is 4.21. The van der Waals surface area contributed by atoms with Gasteiger partial charge < -0.3 is 15.5 Å². The monoisotopic (exact) mass is 289 g/mol. The molecule has 1 aliphatic heterocycles. The van der Waals surface area contributed by atoms with Crippen LogP contribution in [0.1, 0.15) is 43.7 Å². The van der Waals surface area contributed by atoms with Crippen molar-refractivity contribution in [3.05, 3.63) is 29.3 Å². The van der Waals surface area contributed by atoms with E-state index in [2.05, 4.69) is 42.5 Å². The molecule has 0 spiro atoms. The molecule has 0 aromatic heterocycles. The van der Waals surface area contributed by atoms with Gasteiger partial charge in [-0.05, 0) is 56.9 Å². The first-order chi connectivity index (χ1) is 9.97. The maximum Gasteiger partial charge on any atom is 0.319 e. The summed E-state index contributed by atoms with van der Waals surface area (Å²) in [6, 6.07) is 6.37. The Bertz CT molecular complexity index is 491. The number of carbonyl (C=O) groups excluding carboxylic acids is 1. The summed E-state index contributed by atoms with van der Waals surface area (Å²) in [5.41, 5.74) is 3.26. The minimum atomic E-state index is -0.0826. The van der Waals surface area contributed by atoms with Crippen molar-refractivity contribution >= 4 is 11.7 Å². The van der Waals surface area contributed by atoms with Gasteiger partial charge in [0.25, 0.3) is 0 Å². The van der Waals surface area contributed by atoms with Gasteiger partial charge in [-0.25, -0.2) is 4.79 Å². The van der Waals surface area contributed by atoms with Crippen LogP contribution < -0.4 is 10.6 Å². The predicted molar refractivity (Wildman–Crippen MR) is 87.9 cm³/mol. The molecular formula is C17H27N3O. The fourth-order valence-corrected chi connectivity index (χ4v) is 2.83. The zero-order valence-electron chi connectivity index (χ0n) is 13.6. The molecule has 116 valence electrons.